The maximum Gasteiger partial charge on any atom is 0.251 e. The highest BCUT2D eigenvalue weighted by atomic mass is 32.2. The SMILES string of the molecule is O=C(NCc1c(F)cccc1F)c1ccnc(OC2CCSC2)c1. The van der Waals surface area contributed by atoms with E-state index in [0.717, 1.165) is 30.1 Å². The van der Waals surface area contributed by atoms with Crippen molar-refractivity contribution in [1.82, 2.24) is 10.3 Å². The Labute approximate surface area is 142 Å². The number of aromatic nitrogens is 1. The molecule has 1 aromatic carbocycles. The molecule has 1 fully saturated rings. The van der Waals surface area contributed by atoms with Crippen LogP contribution in [0, 0.1) is 11.6 Å². The second-order valence-corrected chi connectivity index (χ2v) is 6.52. The summed E-state index contributed by atoms with van der Waals surface area (Å²) in [7, 11) is 0. The first kappa shape index (κ1) is 16.7. The van der Waals surface area contributed by atoms with Gasteiger partial charge in [-0.2, -0.15) is 11.8 Å². The molecule has 1 amide bonds. The second-order valence-electron chi connectivity index (χ2n) is 5.37. The lowest BCUT2D eigenvalue weighted by molar-refractivity contribution is 0.0949. The van der Waals surface area contributed by atoms with E-state index in [1.54, 1.807) is 0 Å². The van der Waals surface area contributed by atoms with Crippen molar-refractivity contribution >= 4 is 17.7 Å². The summed E-state index contributed by atoms with van der Waals surface area (Å²) in [6.07, 6.45) is 2.54. The van der Waals surface area contributed by atoms with E-state index in [0.29, 0.717) is 11.4 Å². The van der Waals surface area contributed by atoms with E-state index in [9.17, 15) is 13.6 Å². The minimum Gasteiger partial charge on any atom is -0.473 e. The van der Waals surface area contributed by atoms with Crippen LogP contribution in [0.25, 0.3) is 0 Å². The molecule has 1 atom stereocenters. The molecule has 1 aliphatic rings. The normalized spacial score (nSPS) is 16.8. The third kappa shape index (κ3) is 4.03. The standard InChI is InChI=1S/C17H16F2N2O2S/c18-14-2-1-3-15(19)13(14)9-21-17(22)11-4-6-20-16(8-11)23-12-5-7-24-10-12/h1-4,6,8,12H,5,7,9-10H2,(H,21,22). The number of rotatable bonds is 5. The molecular weight excluding hydrogens is 334 g/mol. The van der Waals surface area contributed by atoms with Crippen LogP contribution in [0.2, 0.25) is 0 Å². The van der Waals surface area contributed by atoms with Crippen molar-refractivity contribution in [3.05, 3.63) is 59.3 Å². The fraction of sp³-hybridized carbons (Fsp3) is 0.294. The second kappa shape index (κ2) is 7.61. The molecular formula is C17H16F2N2O2S. The van der Waals surface area contributed by atoms with Gasteiger partial charge in [-0.25, -0.2) is 13.8 Å². The van der Waals surface area contributed by atoms with Gasteiger partial charge in [0, 0.05) is 35.7 Å². The quantitative estimate of drug-likeness (QED) is 0.900. The molecule has 1 saturated heterocycles. The van der Waals surface area contributed by atoms with Gasteiger partial charge in [-0.1, -0.05) is 6.07 Å². The van der Waals surface area contributed by atoms with Crippen molar-refractivity contribution in [3.63, 3.8) is 0 Å². The van der Waals surface area contributed by atoms with Gasteiger partial charge in [-0.05, 0) is 30.4 Å². The molecule has 1 aromatic heterocycles. The number of carbonyl (C=O) groups is 1. The van der Waals surface area contributed by atoms with Gasteiger partial charge in [0.1, 0.15) is 17.7 Å². The van der Waals surface area contributed by atoms with E-state index in [-0.39, 0.29) is 18.2 Å². The lowest BCUT2D eigenvalue weighted by atomic mass is 10.2. The van der Waals surface area contributed by atoms with Crippen LogP contribution in [0.4, 0.5) is 8.78 Å². The maximum absolute atomic E-state index is 13.6. The summed E-state index contributed by atoms with van der Waals surface area (Å²) in [6, 6.07) is 6.66. The Morgan fingerprint density at radius 1 is 1.33 bits per heavy atom. The van der Waals surface area contributed by atoms with Crippen LogP contribution in [0.5, 0.6) is 5.88 Å². The van der Waals surface area contributed by atoms with Crippen LogP contribution in [-0.4, -0.2) is 28.5 Å². The van der Waals surface area contributed by atoms with E-state index in [2.05, 4.69) is 10.3 Å². The first-order valence-corrected chi connectivity index (χ1v) is 8.70. The molecule has 1 N–H and O–H groups in total. The van der Waals surface area contributed by atoms with Crippen LogP contribution in [0.15, 0.2) is 36.5 Å². The van der Waals surface area contributed by atoms with Crippen LogP contribution in [0.3, 0.4) is 0 Å². The van der Waals surface area contributed by atoms with E-state index in [4.69, 9.17) is 4.74 Å². The molecule has 4 nitrogen and oxygen atoms in total. The zero-order valence-corrected chi connectivity index (χ0v) is 13.6. The lowest BCUT2D eigenvalue weighted by Gasteiger charge is -2.12. The summed E-state index contributed by atoms with van der Waals surface area (Å²) in [6.45, 7) is -0.227. The molecule has 0 aliphatic carbocycles. The molecule has 0 radical (unpaired) electrons. The number of hydrogen-bond acceptors (Lipinski definition) is 4. The number of amides is 1. The summed E-state index contributed by atoms with van der Waals surface area (Å²) in [5.41, 5.74) is 0.168. The molecule has 2 aromatic rings. The average molecular weight is 350 g/mol. The zero-order valence-electron chi connectivity index (χ0n) is 12.8. The van der Waals surface area contributed by atoms with Crippen LogP contribution < -0.4 is 10.1 Å². The number of benzene rings is 1. The fourth-order valence-corrected chi connectivity index (χ4v) is 3.46. The van der Waals surface area contributed by atoms with Crippen LogP contribution >= 0.6 is 11.8 Å². The molecule has 7 heteroatoms. The molecule has 1 aliphatic heterocycles. The largest absolute Gasteiger partial charge is 0.473 e. The predicted octanol–water partition coefficient (Wildman–Crippen LogP) is 3.17. The van der Waals surface area contributed by atoms with E-state index >= 15 is 0 Å². The molecule has 0 spiro atoms. The summed E-state index contributed by atoms with van der Waals surface area (Å²) in [5, 5.41) is 2.51. The summed E-state index contributed by atoms with van der Waals surface area (Å²) < 4.78 is 32.9. The van der Waals surface area contributed by atoms with Gasteiger partial charge < -0.3 is 10.1 Å². The van der Waals surface area contributed by atoms with Gasteiger partial charge in [0.25, 0.3) is 5.91 Å². The number of carbonyl (C=O) groups excluding carboxylic acids is 1. The number of thioether (sulfide) groups is 1. The molecule has 0 bridgehead atoms. The number of halogens is 2. The minimum absolute atomic E-state index is 0.105. The fourth-order valence-electron chi connectivity index (χ4n) is 2.36. The third-order valence-corrected chi connectivity index (χ3v) is 4.79. The van der Waals surface area contributed by atoms with E-state index < -0.39 is 17.5 Å². The van der Waals surface area contributed by atoms with Crippen LogP contribution in [0.1, 0.15) is 22.3 Å². The first-order valence-electron chi connectivity index (χ1n) is 7.55. The average Bonchev–Trinajstić information content (AvgIpc) is 3.07. The molecule has 0 saturated carbocycles. The van der Waals surface area contributed by atoms with Crippen LogP contribution in [-0.2, 0) is 6.54 Å². The molecule has 24 heavy (non-hydrogen) atoms. The third-order valence-electron chi connectivity index (χ3n) is 3.66. The zero-order chi connectivity index (χ0) is 16.9. The summed E-state index contributed by atoms with van der Waals surface area (Å²) in [4.78, 5) is 16.3. The molecule has 3 rings (SSSR count). The Morgan fingerprint density at radius 3 is 2.83 bits per heavy atom. The highest BCUT2D eigenvalue weighted by Crippen LogP contribution is 2.22. The topological polar surface area (TPSA) is 51.2 Å². The van der Waals surface area contributed by atoms with E-state index in [1.807, 2.05) is 11.8 Å². The van der Waals surface area contributed by atoms with E-state index in [1.165, 1.54) is 24.4 Å². The van der Waals surface area contributed by atoms with Gasteiger partial charge in [0.15, 0.2) is 0 Å². The number of hydrogen-bond donors (Lipinski definition) is 1. The van der Waals surface area contributed by atoms with Crippen molar-refractivity contribution in [1.29, 1.82) is 0 Å². The van der Waals surface area contributed by atoms with Crippen molar-refractivity contribution in [2.45, 2.75) is 19.1 Å². The predicted molar refractivity (Wildman–Crippen MR) is 88.1 cm³/mol. The Hall–Kier alpha value is -2.15. The minimum atomic E-state index is -0.687. The number of nitrogens with one attached hydrogen (secondary N) is 1. The lowest BCUT2D eigenvalue weighted by Crippen LogP contribution is -2.24. The molecule has 1 unspecified atom stereocenters. The Bertz CT molecular complexity index is 716. The highest BCUT2D eigenvalue weighted by Gasteiger charge is 2.18. The summed E-state index contributed by atoms with van der Waals surface area (Å²) >= 11 is 1.82. The number of ether oxygens (including phenoxy) is 1. The smallest absolute Gasteiger partial charge is 0.251 e. The van der Waals surface area contributed by atoms with Gasteiger partial charge in [0.2, 0.25) is 5.88 Å². The van der Waals surface area contributed by atoms with Gasteiger partial charge >= 0.3 is 0 Å². The van der Waals surface area contributed by atoms with Crippen molar-refractivity contribution in [2.75, 3.05) is 11.5 Å². The van der Waals surface area contributed by atoms with Gasteiger partial charge in [0.05, 0.1) is 0 Å². The van der Waals surface area contributed by atoms with Gasteiger partial charge in [-0.3, -0.25) is 4.79 Å². The van der Waals surface area contributed by atoms with Crippen molar-refractivity contribution < 1.29 is 18.3 Å². The van der Waals surface area contributed by atoms with Crippen molar-refractivity contribution in [2.24, 2.45) is 0 Å². The maximum atomic E-state index is 13.6. The van der Waals surface area contributed by atoms with Gasteiger partial charge in [-0.15, -0.1) is 0 Å². The Morgan fingerprint density at radius 2 is 2.12 bits per heavy atom. The first-order chi connectivity index (χ1) is 11.6. The Kier molecular flexibility index (Phi) is 5.30. The molecule has 2 heterocycles. The van der Waals surface area contributed by atoms with Crippen molar-refractivity contribution in [3.8, 4) is 5.88 Å². The molecule has 126 valence electrons. The monoisotopic (exact) mass is 350 g/mol. The highest BCUT2D eigenvalue weighted by molar-refractivity contribution is 7.99. The number of nitrogens with zero attached hydrogens (tertiary/aromatic N) is 1. The number of pyridine rings is 1. The Balaban J connectivity index is 1.64. The summed E-state index contributed by atoms with van der Waals surface area (Å²) in [5.74, 6) is 0.530.